The number of methoxy groups -OCH3 is 2. The van der Waals surface area contributed by atoms with E-state index in [0.717, 1.165) is 39.7 Å². The van der Waals surface area contributed by atoms with Gasteiger partial charge in [0, 0.05) is 18.7 Å². The van der Waals surface area contributed by atoms with Crippen LogP contribution in [0.3, 0.4) is 0 Å². The number of rotatable bonds is 7. The molecule has 2 heterocycles. The van der Waals surface area contributed by atoms with E-state index >= 15 is 0 Å². The normalized spacial score (nSPS) is 11.2. The molecule has 0 atom stereocenters. The highest BCUT2D eigenvalue weighted by Crippen LogP contribution is 2.38. The van der Waals surface area contributed by atoms with Crippen molar-refractivity contribution in [2.24, 2.45) is 0 Å². The average molecular weight is 372 g/mol. The molecule has 27 heavy (non-hydrogen) atoms. The second-order valence-electron chi connectivity index (χ2n) is 6.46. The Bertz CT molecular complexity index is 932. The third kappa shape index (κ3) is 3.80. The molecule has 3 rings (SSSR count). The van der Waals surface area contributed by atoms with Crippen LogP contribution in [0.5, 0.6) is 11.5 Å². The fraction of sp³-hybridized carbons (Fsp3) is 0.421. The maximum Gasteiger partial charge on any atom is 0.230 e. The lowest BCUT2D eigenvalue weighted by Crippen LogP contribution is -2.18. The Morgan fingerprint density at radius 2 is 1.74 bits per heavy atom. The second-order valence-corrected chi connectivity index (χ2v) is 6.46. The minimum Gasteiger partial charge on any atom is -0.496 e. The topological polar surface area (TPSA) is 86.7 Å². The highest BCUT2D eigenvalue weighted by Gasteiger charge is 2.20. The van der Waals surface area contributed by atoms with Crippen LogP contribution in [-0.4, -0.2) is 41.5 Å². The number of hydrogen-bond acceptors (Lipinski definition) is 8. The van der Waals surface area contributed by atoms with Crippen LogP contribution in [0, 0.1) is 20.8 Å². The minimum absolute atomic E-state index is 0.526. The van der Waals surface area contributed by atoms with Crippen molar-refractivity contribution < 1.29 is 18.5 Å². The molecule has 144 valence electrons. The van der Waals surface area contributed by atoms with Gasteiger partial charge in [-0.05, 0) is 40.0 Å². The van der Waals surface area contributed by atoms with E-state index in [0.29, 0.717) is 24.7 Å². The van der Waals surface area contributed by atoms with E-state index in [1.807, 2.05) is 40.0 Å². The standard InChI is InChI=1S/C19H24N4O4/c1-11-17(24-5)8-7-14(18(11)25-6)19-20-16(13(3)26-19)10-23(4)9-15-12(2)21-27-22-15/h7-8H,9-10H2,1-6H3. The predicted octanol–water partition coefficient (Wildman–Crippen LogP) is 3.30. The Balaban J connectivity index is 1.84. The van der Waals surface area contributed by atoms with Gasteiger partial charge in [-0.1, -0.05) is 10.3 Å². The number of nitrogens with zero attached hydrogens (tertiary/aromatic N) is 4. The molecule has 0 bridgehead atoms. The number of oxazole rings is 1. The van der Waals surface area contributed by atoms with Crippen LogP contribution in [0.25, 0.3) is 11.5 Å². The summed E-state index contributed by atoms with van der Waals surface area (Å²) >= 11 is 0. The zero-order valence-electron chi connectivity index (χ0n) is 16.5. The summed E-state index contributed by atoms with van der Waals surface area (Å²) in [5, 5.41) is 7.73. The summed E-state index contributed by atoms with van der Waals surface area (Å²) in [5.41, 5.74) is 4.16. The van der Waals surface area contributed by atoms with Gasteiger partial charge in [0.25, 0.3) is 0 Å². The van der Waals surface area contributed by atoms with Crippen LogP contribution < -0.4 is 9.47 Å². The molecule has 0 aliphatic rings. The minimum atomic E-state index is 0.526. The lowest BCUT2D eigenvalue weighted by Gasteiger charge is -2.13. The summed E-state index contributed by atoms with van der Waals surface area (Å²) in [4.78, 5) is 6.77. The van der Waals surface area contributed by atoms with Gasteiger partial charge in [0.15, 0.2) is 0 Å². The van der Waals surface area contributed by atoms with Crippen molar-refractivity contribution in [1.29, 1.82) is 0 Å². The van der Waals surface area contributed by atoms with Crippen molar-refractivity contribution in [3.05, 3.63) is 40.5 Å². The van der Waals surface area contributed by atoms with E-state index in [2.05, 4.69) is 20.2 Å². The maximum atomic E-state index is 5.93. The van der Waals surface area contributed by atoms with Crippen molar-refractivity contribution >= 4 is 0 Å². The van der Waals surface area contributed by atoms with Gasteiger partial charge in [-0.25, -0.2) is 9.61 Å². The largest absolute Gasteiger partial charge is 0.496 e. The van der Waals surface area contributed by atoms with Crippen molar-refractivity contribution in [2.45, 2.75) is 33.9 Å². The average Bonchev–Trinajstić information content (AvgIpc) is 3.20. The fourth-order valence-corrected chi connectivity index (χ4v) is 2.98. The van der Waals surface area contributed by atoms with Crippen molar-refractivity contribution in [3.63, 3.8) is 0 Å². The lowest BCUT2D eigenvalue weighted by atomic mass is 10.1. The van der Waals surface area contributed by atoms with Crippen molar-refractivity contribution in [3.8, 4) is 23.0 Å². The summed E-state index contributed by atoms with van der Waals surface area (Å²) in [6.45, 7) is 6.95. The van der Waals surface area contributed by atoms with Crippen LogP contribution in [0.4, 0.5) is 0 Å². The summed E-state index contributed by atoms with van der Waals surface area (Å²) in [7, 11) is 5.25. The van der Waals surface area contributed by atoms with Crippen LogP contribution in [0.2, 0.25) is 0 Å². The highest BCUT2D eigenvalue weighted by molar-refractivity contribution is 5.68. The first-order valence-corrected chi connectivity index (χ1v) is 8.59. The van der Waals surface area contributed by atoms with Gasteiger partial charge in [-0.2, -0.15) is 0 Å². The molecule has 0 aliphatic heterocycles. The fourth-order valence-electron chi connectivity index (χ4n) is 2.98. The first-order chi connectivity index (χ1) is 12.9. The molecule has 8 heteroatoms. The molecule has 0 aliphatic carbocycles. The van der Waals surface area contributed by atoms with Gasteiger partial charge in [-0.3, -0.25) is 4.90 Å². The number of ether oxygens (including phenoxy) is 2. The maximum absolute atomic E-state index is 5.93. The van der Waals surface area contributed by atoms with Gasteiger partial charge < -0.3 is 13.9 Å². The summed E-state index contributed by atoms with van der Waals surface area (Å²) in [6, 6.07) is 3.78. The monoisotopic (exact) mass is 372 g/mol. The second kappa shape index (κ2) is 7.79. The predicted molar refractivity (Wildman–Crippen MR) is 98.7 cm³/mol. The molecule has 3 aromatic rings. The molecule has 0 amide bonds. The molecule has 8 nitrogen and oxygen atoms in total. The van der Waals surface area contributed by atoms with Gasteiger partial charge in [0.1, 0.15) is 28.6 Å². The SMILES string of the molecule is COc1ccc(-c2nc(CN(C)Cc3nonc3C)c(C)o2)c(OC)c1C. The van der Waals surface area contributed by atoms with E-state index < -0.39 is 0 Å². The highest BCUT2D eigenvalue weighted by atomic mass is 16.6. The van der Waals surface area contributed by atoms with Gasteiger partial charge in [0.05, 0.1) is 25.5 Å². The van der Waals surface area contributed by atoms with Gasteiger partial charge in [0.2, 0.25) is 5.89 Å². The van der Waals surface area contributed by atoms with E-state index in [-0.39, 0.29) is 0 Å². The molecule has 0 saturated carbocycles. The summed E-state index contributed by atoms with van der Waals surface area (Å²) in [6.07, 6.45) is 0. The Kier molecular flexibility index (Phi) is 5.46. The van der Waals surface area contributed by atoms with Gasteiger partial charge >= 0.3 is 0 Å². The molecule has 0 spiro atoms. The third-order valence-electron chi connectivity index (χ3n) is 4.49. The smallest absolute Gasteiger partial charge is 0.230 e. The first kappa shape index (κ1) is 18.9. The molecule has 0 saturated heterocycles. The number of aryl methyl sites for hydroxylation is 2. The van der Waals surface area contributed by atoms with E-state index in [1.54, 1.807) is 14.2 Å². The molecule has 1 aromatic carbocycles. The molecular formula is C19H24N4O4. The van der Waals surface area contributed by atoms with E-state index in [4.69, 9.17) is 18.5 Å². The zero-order valence-corrected chi connectivity index (χ0v) is 16.5. The van der Waals surface area contributed by atoms with Gasteiger partial charge in [-0.15, -0.1) is 0 Å². The molecule has 0 unspecified atom stereocenters. The zero-order chi connectivity index (χ0) is 19.6. The van der Waals surface area contributed by atoms with Crippen molar-refractivity contribution in [1.82, 2.24) is 20.2 Å². The molecule has 0 radical (unpaired) electrons. The van der Waals surface area contributed by atoms with E-state index in [9.17, 15) is 0 Å². The van der Waals surface area contributed by atoms with Crippen LogP contribution in [-0.2, 0) is 13.1 Å². The molecule has 2 aromatic heterocycles. The Morgan fingerprint density at radius 1 is 1.00 bits per heavy atom. The molecule has 0 fully saturated rings. The molecular weight excluding hydrogens is 348 g/mol. The third-order valence-corrected chi connectivity index (χ3v) is 4.49. The van der Waals surface area contributed by atoms with E-state index in [1.165, 1.54) is 0 Å². The first-order valence-electron chi connectivity index (χ1n) is 8.59. The lowest BCUT2D eigenvalue weighted by molar-refractivity contribution is 0.277. The van der Waals surface area contributed by atoms with Crippen LogP contribution in [0.1, 0.15) is 28.4 Å². The number of benzene rings is 1. The van der Waals surface area contributed by atoms with Crippen LogP contribution in [0.15, 0.2) is 21.2 Å². The molecule has 0 N–H and O–H groups in total. The van der Waals surface area contributed by atoms with Crippen molar-refractivity contribution in [2.75, 3.05) is 21.3 Å². The Labute approximate surface area is 158 Å². The Hall–Kier alpha value is -2.87. The Morgan fingerprint density at radius 3 is 2.37 bits per heavy atom. The van der Waals surface area contributed by atoms with Crippen LogP contribution >= 0.6 is 0 Å². The summed E-state index contributed by atoms with van der Waals surface area (Å²) < 4.78 is 21.6. The number of hydrogen-bond donors (Lipinski definition) is 0. The quantitative estimate of drug-likeness (QED) is 0.624. The number of aromatic nitrogens is 3. The summed E-state index contributed by atoms with van der Waals surface area (Å²) in [5.74, 6) is 2.75.